The van der Waals surface area contributed by atoms with E-state index in [1.807, 2.05) is 18.2 Å². The first-order valence-corrected chi connectivity index (χ1v) is 11.6. The number of para-hydroxylation sites is 1. The summed E-state index contributed by atoms with van der Waals surface area (Å²) in [5.41, 5.74) is 1.68. The molecule has 2 aliphatic rings. The van der Waals surface area contributed by atoms with E-state index >= 15 is 0 Å². The Morgan fingerprint density at radius 3 is 2.57 bits per heavy atom. The predicted molar refractivity (Wildman–Crippen MR) is 108 cm³/mol. The zero-order valence-corrected chi connectivity index (χ0v) is 17.3. The van der Waals surface area contributed by atoms with Crippen molar-refractivity contribution in [3.8, 4) is 11.6 Å². The fraction of sp³-hybridized carbons (Fsp3) is 0.429. The van der Waals surface area contributed by atoms with Gasteiger partial charge in [-0.05, 0) is 42.9 Å². The number of piperidine rings is 1. The average molecular weight is 432 g/mol. The summed E-state index contributed by atoms with van der Waals surface area (Å²) in [5, 5.41) is 9.26. The zero-order valence-electron chi connectivity index (χ0n) is 16.5. The Morgan fingerprint density at radius 1 is 1.10 bits per heavy atom. The molecule has 1 aromatic heterocycles. The lowest BCUT2D eigenvalue weighted by atomic mass is 9.71. The van der Waals surface area contributed by atoms with Gasteiger partial charge in [-0.3, -0.25) is 10.0 Å². The van der Waals surface area contributed by atoms with Gasteiger partial charge in [0.1, 0.15) is 16.7 Å². The molecule has 30 heavy (non-hydrogen) atoms. The quantitative estimate of drug-likeness (QED) is 0.557. The normalized spacial score (nSPS) is 24.6. The summed E-state index contributed by atoms with van der Waals surface area (Å²) in [7, 11) is -3.96. The van der Waals surface area contributed by atoms with E-state index in [4.69, 9.17) is 4.74 Å². The van der Waals surface area contributed by atoms with E-state index in [0.29, 0.717) is 18.1 Å². The van der Waals surface area contributed by atoms with Gasteiger partial charge in [0.25, 0.3) is 5.91 Å². The molecule has 2 N–H and O–H groups in total. The van der Waals surface area contributed by atoms with E-state index in [9.17, 15) is 18.4 Å². The minimum Gasteiger partial charge on any atom is -0.439 e. The van der Waals surface area contributed by atoms with Crippen LogP contribution in [0, 0.1) is 11.8 Å². The highest BCUT2D eigenvalue weighted by atomic mass is 32.2. The number of ether oxygens (including phenoxy) is 1. The molecule has 2 aromatic rings. The van der Waals surface area contributed by atoms with Crippen LogP contribution in [0.15, 0.2) is 53.6 Å². The molecule has 1 saturated carbocycles. The van der Waals surface area contributed by atoms with Crippen LogP contribution in [0.25, 0.3) is 0 Å². The first-order valence-electron chi connectivity index (χ1n) is 10.2. The van der Waals surface area contributed by atoms with Crippen molar-refractivity contribution < 1.29 is 23.2 Å². The molecule has 1 aliphatic heterocycles. The molecule has 3 atom stereocenters. The summed E-state index contributed by atoms with van der Waals surface area (Å²) in [6, 6.07) is 11.1. The summed E-state index contributed by atoms with van der Waals surface area (Å²) in [5.74, 6) is 0.401. The molecule has 160 valence electrons. The van der Waals surface area contributed by atoms with Crippen molar-refractivity contribution in [3.63, 3.8) is 0 Å². The highest BCUT2D eigenvalue weighted by Crippen LogP contribution is 2.41. The number of hydrogen-bond donors (Lipinski definition) is 2. The second-order valence-corrected chi connectivity index (χ2v) is 9.67. The molecule has 1 aromatic carbocycles. The highest BCUT2D eigenvalue weighted by Gasteiger charge is 2.47. The number of hydroxylamine groups is 1. The topological polar surface area (TPSA) is 109 Å². The van der Waals surface area contributed by atoms with Crippen molar-refractivity contribution in [2.75, 3.05) is 6.54 Å². The molecule has 1 saturated heterocycles. The van der Waals surface area contributed by atoms with Gasteiger partial charge >= 0.3 is 0 Å². The minimum atomic E-state index is -3.96. The summed E-state index contributed by atoms with van der Waals surface area (Å²) in [6.45, 7) is 0.240. The Bertz CT molecular complexity index is 981. The Balaban J connectivity index is 1.59. The van der Waals surface area contributed by atoms with E-state index in [1.165, 1.54) is 22.6 Å². The lowest BCUT2D eigenvalue weighted by molar-refractivity contribution is -0.138. The van der Waals surface area contributed by atoms with E-state index in [-0.39, 0.29) is 23.2 Å². The highest BCUT2D eigenvalue weighted by molar-refractivity contribution is 7.89. The van der Waals surface area contributed by atoms with Crippen LogP contribution in [-0.4, -0.2) is 41.4 Å². The Hall–Kier alpha value is -2.49. The smallest absolute Gasteiger partial charge is 0.262 e. The minimum absolute atomic E-state index is 0.00656. The fourth-order valence-corrected chi connectivity index (χ4v) is 6.24. The molecule has 0 spiro atoms. The third kappa shape index (κ3) is 4.05. The van der Waals surface area contributed by atoms with Crippen LogP contribution in [0.3, 0.4) is 0 Å². The van der Waals surface area contributed by atoms with Crippen LogP contribution >= 0.6 is 0 Å². The Kier molecular flexibility index (Phi) is 6.03. The molecule has 0 bridgehead atoms. The number of rotatable bonds is 5. The number of nitrogens with one attached hydrogen (secondary N) is 1. The first-order chi connectivity index (χ1) is 14.5. The molecule has 3 unspecified atom stereocenters. The number of fused-ring (bicyclic) bond motifs is 1. The number of carbonyl (C=O) groups is 1. The van der Waals surface area contributed by atoms with Crippen LogP contribution in [0.5, 0.6) is 11.6 Å². The van der Waals surface area contributed by atoms with E-state index in [0.717, 1.165) is 25.7 Å². The summed E-state index contributed by atoms with van der Waals surface area (Å²) in [6.07, 6.45) is 5.76. The number of amides is 1. The maximum atomic E-state index is 13.3. The maximum Gasteiger partial charge on any atom is 0.262 e. The Morgan fingerprint density at radius 2 is 1.87 bits per heavy atom. The van der Waals surface area contributed by atoms with Crippen molar-refractivity contribution in [3.05, 3.63) is 48.7 Å². The number of carbonyl (C=O) groups excluding carboxylic acids is 1. The molecule has 9 heteroatoms. The van der Waals surface area contributed by atoms with E-state index in [1.54, 1.807) is 17.6 Å². The maximum absolute atomic E-state index is 13.3. The average Bonchev–Trinajstić information content (AvgIpc) is 2.79. The van der Waals surface area contributed by atoms with Crippen molar-refractivity contribution >= 4 is 15.9 Å². The monoisotopic (exact) mass is 431 g/mol. The molecule has 2 heterocycles. The lowest BCUT2D eigenvalue weighted by Gasteiger charge is -2.45. The van der Waals surface area contributed by atoms with Gasteiger partial charge in [-0.1, -0.05) is 37.5 Å². The summed E-state index contributed by atoms with van der Waals surface area (Å²) < 4.78 is 33.5. The number of nitrogens with zero attached hydrogens (tertiary/aromatic N) is 2. The van der Waals surface area contributed by atoms with Gasteiger partial charge in [0.15, 0.2) is 0 Å². The van der Waals surface area contributed by atoms with Gasteiger partial charge in [0.2, 0.25) is 15.9 Å². The molecular weight excluding hydrogens is 406 g/mol. The molecule has 4 rings (SSSR count). The number of hydrogen-bond acceptors (Lipinski definition) is 6. The second-order valence-electron chi connectivity index (χ2n) is 7.78. The molecule has 1 aliphatic carbocycles. The SMILES string of the molecule is O=C(NO)C1C2CCCCC2CCN1S(=O)(=O)c1ccc(Oc2ccccc2)nc1. The van der Waals surface area contributed by atoms with Crippen molar-refractivity contribution in [1.82, 2.24) is 14.8 Å². The van der Waals surface area contributed by atoms with Crippen molar-refractivity contribution in [2.24, 2.45) is 11.8 Å². The van der Waals surface area contributed by atoms with E-state index < -0.39 is 22.0 Å². The van der Waals surface area contributed by atoms with Crippen LogP contribution in [-0.2, 0) is 14.8 Å². The summed E-state index contributed by atoms with van der Waals surface area (Å²) in [4.78, 5) is 16.6. The molecular formula is C21H25N3O5S. The van der Waals surface area contributed by atoms with Gasteiger partial charge in [0.05, 0.1) is 6.20 Å². The number of pyridine rings is 1. The molecule has 8 nitrogen and oxygen atoms in total. The van der Waals surface area contributed by atoms with Gasteiger partial charge in [-0.15, -0.1) is 0 Å². The van der Waals surface area contributed by atoms with Gasteiger partial charge < -0.3 is 4.74 Å². The number of sulfonamides is 1. The van der Waals surface area contributed by atoms with Crippen molar-refractivity contribution in [2.45, 2.75) is 43.0 Å². The van der Waals surface area contributed by atoms with Crippen LogP contribution in [0.2, 0.25) is 0 Å². The van der Waals surface area contributed by atoms with Gasteiger partial charge in [-0.25, -0.2) is 18.9 Å². The van der Waals surface area contributed by atoms with Crippen LogP contribution < -0.4 is 10.2 Å². The second kappa shape index (κ2) is 8.71. The standard InChI is InChI=1S/C21H25N3O5S/c25-21(23-26)20-18-9-5-4-6-15(18)12-13-24(20)30(27,28)17-10-11-19(22-14-17)29-16-7-2-1-3-8-16/h1-3,7-8,10-11,14-15,18,20,26H,4-6,9,12-13H2,(H,23,25). The fourth-order valence-electron chi connectivity index (χ4n) is 4.64. The summed E-state index contributed by atoms with van der Waals surface area (Å²) >= 11 is 0. The molecule has 1 amide bonds. The third-order valence-electron chi connectivity index (χ3n) is 6.06. The van der Waals surface area contributed by atoms with E-state index in [2.05, 4.69) is 4.98 Å². The molecule has 2 fully saturated rings. The lowest BCUT2D eigenvalue weighted by Crippen LogP contribution is -2.58. The molecule has 0 radical (unpaired) electrons. The Labute approximate surface area is 175 Å². The largest absolute Gasteiger partial charge is 0.439 e. The van der Waals surface area contributed by atoms with Crippen LogP contribution in [0.1, 0.15) is 32.1 Å². The van der Waals surface area contributed by atoms with Gasteiger partial charge in [0, 0.05) is 12.6 Å². The van der Waals surface area contributed by atoms with Crippen LogP contribution in [0.4, 0.5) is 0 Å². The third-order valence-corrected chi connectivity index (χ3v) is 7.93. The van der Waals surface area contributed by atoms with Gasteiger partial charge in [-0.2, -0.15) is 4.31 Å². The number of aromatic nitrogens is 1. The zero-order chi connectivity index (χ0) is 21.1. The van der Waals surface area contributed by atoms with Crippen molar-refractivity contribution in [1.29, 1.82) is 0 Å². The first kappa shape index (κ1) is 20.8. The predicted octanol–water partition coefficient (Wildman–Crippen LogP) is 2.95. The number of benzene rings is 1.